The average Bonchev–Trinajstić information content (AvgIpc) is 2.75. The molecule has 0 spiro atoms. The third-order valence-corrected chi connectivity index (χ3v) is 4.55. The molecule has 0 aromatic heterocycles. The second-order valence-corrected chi connectivity index (χ2v) is 7.43. The van der Waals surface area contributed by atoms with Crippen molar-refractivity contribution in [3.8, 4) is 0 Å². The van der Waals surface area contributed by atoms with E-state index < -0.39 is 96.8 Å². The van der Waals surface area contributed by atoms with Crippen molar-refractivity contribution in [3.63, 3.8) is 0 Å². The van der Waals surface area contributed by atoms with E-state index >= 15 is 0 Å². The molecule has 0 saturated heterocycles. The molecule has 0 rings (SSSR count). The lowest BCUT2D eigenvalue weighted by atomic mass is 9.96. The summed E-state index contributed by atoms with van der Waals surface area (Å²) in [7, 11) is 0. The van der Waals surface area contributed by atoms with Crippen molar-refractivity contribution < 1.29 is 110 Å². The normalized spacial score (nSPS) is 17.3. The first kappa shape index (κ1) is 38.6. The molecule has 0 amide bonds. The molecular formula is C16H6F24O. The van der Waals surface area contributed by atoms with Crippen LogP contribution < -0.4 is 0 Å². The van der Waals surface area contributed by atoms with Crippen LogP contribution in [0.1, 0.15) is 13.8 Å². The first-order valence-corrected chi connectivity index (χ1v) is 8.94. The maximum Gasteiger partial charge on any atom is 0.460 e. The first-order chi connectivity index (χ1) is 17.4. The predicted molar refractivity (Wildman–Crippen MR) is 80.4 cm³/mol. The van der Waals surface area contributed by atoms with Crippen LogP contribution in [-0.4, -0.2) is 59.7 Å². The highest BCUT2D eigenvalue weighted by Gasteiger charge is 2.89. The average molecular weight is 670 g/mol. The fourth-order valence-corrected chi connectivity index (χ4v) is 2.18. The first-order valence-electron chi connectivity index (χ1n) is 8.94. The lowest BCUT2D eigenvalue weighted by molar-refractivity contribution is -0.419. The highest BCUT2D eigenvalue weighted by Crippen LogP contribution is 2.61. The second kappa shape index (κ2) is 10.1. The van der Waals surface area contributed by atoms with Gasteiger partial charge >= 0.3 is 59.7 Å². The van der Waals surface area contributed by atoms with Crippen molar-refractivity contribution in [1.29, 1.82) is 0 Å². The molecule has 244 valence electrons. The van der Waals surface area contributed by atoms with Crippen LogP contribution in [0.25, 0.3) is 0 Å². The van der Waals surface area contributed by atoms with Gasteiger partial charge in [-0.3, -0.25) is 0 Å². The van der Waals surface area contributed by atoms with Gasteiger partial charge in [-0.15, -0.1) is 0 Å². The molecule has 0 saturated carbocycles. The van der Waals surface area contributed by atoms with Gasteiger partial charge < -0.3 is 4.74 Å². The molecule has 0 N–H and O–H groups in total. The Morgan fingerprint density at radius 3 is 0.707 bits per heavy atom. The standard InChI is InChI=1S/C16H6F24O/c1-3(5(17)7(19,20)9(23,24)11(27,28)13(31,32)15(35,36)37)41-4(2)6(18)8(21,22)10(25,26)12(29,30)14(33,34)16(38,39)40/h1-2H3. The van der Waals surface area contributed by atoms with E-state index in [9.17, 15) is 105 Å². The molecule has 0 fully saturated rings. The molecule has 0 atom stereocenters. The maximum absolute atomic E-state index is 13.8. The van der Waals surface area contributed by atoms with Crippen LogP contribution in [0.4, 0.5) is 105 Å². The van der Waals surface area contributed by atoms with Crippen LogP contribution in [0.15, 0.2) is 23.2 Å². The molecule has 0 heterocycles. The van der Waals surface area contributed by atoms with Gasteiger partial charge in [0.2, 0.25) is 11.7 Å². The number of allylic oxidation sites excluding steroid dienone is 4. The summed E-state index contributed by atoms with van der Waals surface area (Å²) < 4.78 is 315. The largest absolute Gasteiger partial charge is 0.461 e. The Hall–Kier alpha value is -2.40. The molecule has 0 aromatic rings. The van der Waals surface area contributed by atoms with Crippen molar-refractivity contribution in [1.82, 2.24) is 0 Å². The fourth-order valence-electron chi connectivity index (χ4n) is 2.18. The van der Waals surface area contributed by atoms with Crippen molar-refractivity contribution in [2.75, 3.05) is 0 Å². The molecule has 0 aliphatic heterocycles. The third kappa shape index (κ3) is 5.44. The van der Waals surface area contributed by atoms with Crippen LogP contribution in [0.3, 0.4) is 0 Å². The van der Waals surface area contributed by atoms with E-state index in [0.29, 0.717) is 0 Å². The van der Waals surface area contributed by atoms with Crippen LogP contribution in [0.2, 0.25) is 0 Å². The van der Waals surface area contributed by atoms with Crippen LogP contribution >= 0.6 is 0 Å². The van der Waals surface area contributed by atoms with Gasteiger partial charge in [-0.05, 0) is 13.8 Å². The summed E-state index contributed by atoms with van der Waals surface area (Å²) >= 11 is 0. The van der Waals surface area contributed by atoms with E-state index in [-0.39, 0.29) is 0 Å². The molecule has 1 nitrogen and oxygen atoms in total. The van der Waals surface area contributed by atoms with Crippen LogP contribution in [0.5, 0.6) is 0 Å². The zero-order chi connectivity index (χ0) is 34.0. The van der Waals surface area contributed by atoms with E-state index in [0.717, 1.165) is 0 Å². The topological polar surface area (TPSA) is 9.23 Å². The summed E-state index contributed by atoms with van der Waals surface area (Å²) in [4.78, 5) is 0. The van der Waals surface area contributed by atoms with E-state index in [1.54, 1.807) is 0 Å². The van der Waals surface area contributed by atoms with E-state index in [1.165, 1.54) is 0 Å². The SMILES string of the molecule is CC(OC(C)=C(F)C(F)(F)C(F)(F)C(F)(F)C(F)(F)C(F)(F)F)=C(F)C(F)(F)C(F)(F)C(F)(F)C(F)(F)C(F)(F)F. The summed E-state index contributed by atoms with van der Waals surface area (Å²) in [6.45, 7) is -1.36. The Kier molecular flexibility index (Phi) is 9.51. The van der Waals surface area contributed by atoms with Crippen molar-refractivity contribution in [3.05, 3.63) is 23.2 Å². The van der Waals surface area contributed by atoms with Gasteiger partial charge in [-0.25, -0.2) is 8.78 Å². The highest BCUT2D eigenvalue weighted by atomic mass is 19.4. The Labute approximate surface area is 208 Å². The smallest absolute Gasteiger partial charge is 0.460 e. The molecule has 0 bridgehead atoms. The Balaban J connectivity index is 6.85. The lowest BCUT2D eigenvalue weighted by Gasteiger charge is -2.37. The number of alkyl halides is 22. The predicted octanol–water partition coefficient (Wildman–Crippen LogP) is 9.61. The van der Waals surface area contributed by atoms with Gasteiger partial charge in [0.1, 0.15) is 11.5 Å². The quantitative estimate of drug-likeness (QED) is 0.166. The summed E-state index contributed by atoms with van der Waals surface area (Å²) in [6.07, 6.45) is -15.5. The van der Waals surface area contributed by atoms with Crippen molar-refractivity contribution >= 4 is 0 Å². The molecule has 41 heavy (non-hydrogen) atoms. The third-order valence-electron chi connectivity index (χ3n) is 4.55. The number of hydrogen-bond donors (Lipinski definition) is 0. The number of hydrogen-bond acceptors (Lipinski definition) is 1. The van der Waals surface area contributed by atoms with Crippen LogP contribution in [0, 0.1) is 0 Å². The van der Waals surface area contributed by atoms with Gasteiger partial charge in [0.25, 0.3) is 0 Å². The zero-order valence-corrected chi connectivity index (χ0v) is 18.5. The second-order valence-electron chi connectivity index (χ2n) is 7.43. The summed E-state index contributed by atoms with van der Waals surface area (Å²) in [5.74, 6) is -79.2. The van der Waals surface area contributed by atoms with E-state index in [4.69, 9.17) is 0 Å². The van der Waals surface area contributed by atoms with Gasteiger partial charge in [-0.2, -0.15) is 96.6 Å². The number of halogens is 24. The molecule has 0 aliphatic rings. The maximum atomic E-state index is 13.8. The minimum Gasteiger partial charge on any atom is -0.461 e. The lowest BCUT2D eigenvalue weighted by Crippen LogP contribution is -2.66. The van der Waals surface area contributed by atoms with Crippen molar-refractivity contribution in [2.24, 2.45) is 0 Å². The Bertz CT molecular complexity index is 955. The molecule has 0 aliphatic carbocycles. The summed E-state index contributed by atoms with van der Waals surface area (Å²) in [5, 5.41) is 0. The molecule has 0 radical (unpaired) electrons. The fraction of sp³-hybridized carbons (Fsp3) is 0.750. The molecular weight excluding hydrogens is 664 g/mol. The molecule has 25 heteroatoms. The Morgan fingerprint density at radius 2 is 0.537 bits per heavy atom. The minimum absolute atomic E-state index is 0.682. The number of ether oxygens (including phenoxy) is 1. The van der Waals surface area contributed by atoms with Gasteiger partial charge in [0.15, 0.2) is 0 Å². The van der Waals surface area contributed by atoms with Gasteiger partial charge in [-0.1, -0.05) is 0 Å². The highest BCUT2D eigenvalue weighted by molar-refractivity contribution is 5.23. The zero-order valence-electron chi connectivity index (χ0n) is 18.5. The molecule has 0 unspecified atom stereocenters. The summed E-state index contributed by atoms with van der Waals surface area (Å²) in [5.41, 5.74) is 0. The van der Waals surface area contributed by atoms with Gasteiger partial charge in [0.05, 0.1) is 0 Å². The van der Waals surface area contributed by atoms with E-state index in [2.05, 4.69) is 4.74 Å². The molecule has 0 aromatic carbocycles. The van der Waals surface area contributed by atoms with E-state index in [1.807, 2.05) is 0 Å². The summed E-state index contributed by atoms with van der Waals surface area (Å²) in [6, 6.07) is 0. The minimum atomic E-state index is -8.26. The Morgan fingerprint density at radius 1 is 0.341 bits per heavy atom. The number of rotatable bonds is 10. The monoisotopic (exact) mass is 670 g/mol. The van der Waals surface area contributed by atoms with Gasteiger partial charge in [0, 0.05) is 0 Å². The van der Waals surface area contributed by atoms with Crippen molar-refractivity contribution in [2.45, 2.75) is 73.6 Å². The van der Waals surface area contributed by atoms with Crippen LogP contribution in [-0.2, 0) is 4.74 Å².